The van der Waals surface area contributed by atoms with Crippen LogP contribution in [0.2, 0.25) is 0 Å². The van der Waals surface area contributed by atoms with Crippen molar-refractivity contribution in [2.45, 2.75) is 50.9 Å². The standard InChI is InChI=1S/C19H22BrF3N4S/c1-12(13-6-3-2-4-7-13)25-18(28)24-10-5-11-27-16(14-8-9-14)15(20)17(26-27)19(21,22)23/h2-4,6-7,12,14H,5,8-11H2,1H3,(H2,24,25,28). The summed E-state index contributed by atoms with van der Waals surface area (Å²) in [5.41, 5.74) is 0.948. The van der Waals surface area contributed by atoms with Crippen LogP contribution in [0.25, 0.3) is 0 Å². The number of hydrogen-bond donors (Lipinski definition) is 2. The average Bonchev–Trinajstić information content (AvgIpc) is 3.41. The van der Waals surface area contributed by atoms with Gasteiger partial charge in [0, 0.05) is 19.0 Å². The van der Waals surface area contributed by atoms with Crippen LogP contribution in [0.1, 0.15) is 55.1 Å². The van der Waals surface area contributed by atoms with Gasteiger partial charge in [-0.1, -0.05) is 30.3 Å². The van der Waals surface area contributed by atoms with Crippen molar-refractivity contribution in [3.63, 3.8) is 0 Å². The number of nitrogens with zero attached hydrogens (tertiary/aromatic N) is 2. The van der Waals surface area contributed by atoms with Gasteiger partial charge in [-0.25, -0.2) is 0 Å². The van der Waals surface area contributed by atoms with E-state index in [-0.39, 0.29) is 16.4 Å². The molecule has 1 aliphatic carbocycles. The van der Waals surface area contributed by atoms with E-state index in [1.54, 1.807) is 0 Å². The highest BCUT2D eigenvalue weighted by Crippen LogP contribution is 2.46. The van der Waals surface area contributed by atoms with Crippen molar-refractivity contribution >= 4 is 33.3 Å². The fourth-order valence-electron chi connectivity index (χ4n) is 3.05. The fraction of sp³-hybridized carbons (Fsp3) is 0.474. The zero-order valence-corrected chi connectivity index (χ0v) is 17.8. The normalized spacial score (nSPS) is 15.3. The third-order valence-corrected chi connectivity index (χ3v) is 5.69. The molecular weight excluding hydrogens is 453 g/mol. The molecule has 0 radical (unpaired) electrons. The van der Waals surface area contributed by atoms with Crippen LogP contribution in [0.3, 0.4) is 0 Å². The van der Waals surface area contributed by atoms with Gasteiger partial charge in [-0.15, -0.1) is 0 Å². The summed E-state index contributed by atoms with van der Waals surface area (Å²) in [4.78, 5) is 0. The van der Waals surface area contributed by atoms with Gasteiger partial charge in [-0.3, -0.25) is 4.68 Å². The molecule has 0 bridgehead atoms. The molecular formula is C19H22BrF3N4S. The molecule has 2 aromatic rings. The topological polar surface area (TPSA) is 41.9 Å². The first kappa shape index (κ1) is 21.1. The lowest BCUT2D eigenvalue weighted by molar-refractivity contribution is -0.142. The summed E-state index contributed by atoms with van der Waals surface area (Å²) in [7, 11) is 0. The summed E-state index contributed by atoms with van der Waals surface area (Å²) in [6, 6.07) is 10.0. The summed E-state index contributed by atoms with van der Waals surface area (Å²) >= 11 is 8.42. The van der Waals surface area contributed by atoms with Gasteiger partial charge in [-0.2, -0.15) is 18.3 Å². The van der Waals surface area contributed by atoms with E-state index < -0.39 is 11.9 Å². The monoisotopic (exact) mass is 474 g/mol. The van der Waals surface area contributed by atoms with E-state index in [2.05, 4.69) is 31.7 Å². The Morgan fingerprint density at radius 2 is 2.00 bits per heavy atom. The van der Waals surface area contributed by atoms with Crippen molar-refractivity contribution in [3.05, 3.63) is 51.8 Å². The first-order chi connectivity index (χ1) is 13.3. The molecule has 0 amide bonds. The molecule has 0 saturated heterocycles. The van der Waals surface area contributed by atoms with Crippen molar-refractivity contribution in [1.29, 1.82) is 0 Å². The van der Waals surface area contributed by atoms with Crippen molar-refractivity contribution in [3.8, 4) is 0 Å². The Hall–Kier alpha value is -1.61. The van der Waals surface area contributed by atoms with Gasteiger partial charge < -0.3 is 10.6 Å². The molecule has 1 aliphatic rings. The second kappa shape index (κ2) is 8.82. The Labute approximate surface area is 176 Å². The number of nitrogens with one attached hydrogen (secondary N) is 2. The van der Waals surface area contributed by atoms with Crippen LogP contribution < -0.4 is 10.6 Å². The lowest BCUT2D eigenvalue weighted by atomic mass is 10.1. The van der Waals surface area contributed by atoms with E-state index in [0.29, 0.717) is 30.3 Å². The lowest BCUT2D eigenvalue weighted by Gasteiger charge is -2.17. The maximum Gasteiger partial charge on any atom is 0.436 e. The SMILES string of the molecule is CC(NC(=S)NCCCn1nc(C(F)(F)F)c(Br)c1C1CC1)c1ccccc1. The Bertz CT molecular complexity index is 819. The minimum Gasteiger partial charge on any atom is -0.363 e. The highest BCUT2D eigenvalue weighted by atomic mass is 79.9. The van der Waals surface area contributed by atoms with Crippen molar-refractivity contribution in [2.75, 3.05) is 6.54 Å². The first-order valence-corrected chi connectivity index (χ1v) is 10.4. The molecule has 0 spiro atoms. The second-order valence-corrected chi connectivity index (χ2v) is 8.13. The lowest BCUT2D eigenvalue weighted by Crippen LogP contribution is -2.37. The molecule has 152 valence electrons. The molecule has 1 heterocycles. The van der Waals surface area contributed by atoms with Crippen molar-refractivity contribution in [1.82, 2.24) is 20.4 Å². The predicted molar refractivity (Wildman–Crippen MR) is 110 cm³/mol. The molecule has 1 atom stereocenters. The van der Waals surface area contributed by atoms with Gasteiger partial charge in [-0.05, 0) is 59.9 Å². The zero-order chi connectivity index (χ0) is 20.3. The third kappa shape index (κ3) is 5.26. The molecule has 2 N–H and O–H groups in total. The van der Waals surface area contributed by atoms with E-state index in [9.17, 15) is 13.2 Å². The van der Waals surface area contributed by atoms with Crippen molar-refractivity contribution in [2.24, 2.45) is 0 Å². The summed E-state index contributed by atoms with van der Waals surface area (Å²) < 4.78 is 41.0. The predicted octanol–water partition coefficient (Wildman–Crippen LogP) is 5.16. The Kier molecular flexibility index (Phi) is 6.65. The average molecular weight is 475 g/mol. The quantitative estimate of drug-likeness (QED) is 0.429. The number of alkyl halides is 3. The number of benzene rings is 1. The Balaban J connectivity index is 1.51. The number of aryl methyl sites for hydroxylation is 1. The van der Waals surface area contributed by atoms with Crippen LogP contribution in [0.15, 0.2) is 34.8 Å². The molecule has 1 aromatic heterocycles. The fourth-order valence-corrected chi connectivity index (χ4v) is 4.17. The molecule has 1 fully saturated rings. The minimum atomic E-state index is -4.45. The second-order valence-electron chi connectivity index (χ2n) is 6.93. The number of rotatable bonds is 7. The molecule has 4 nitrogen and oxygen atoms in total. The molecule has 1 aromatic carbocycles. The highest BCUT2D eigenvalue weighted by molar-refractivity contribution is 9.10. The van der Waals surface area contributed by atoms with Gasteiger partial charge in [0.1, 0.15) is 0 Å². The van der Waals surface area contributed by atoms with E-state index in [1.807, 2.05) is 37.3 Å². The van der Waals surface area contributed by atoms with Gasteiger partial charge in [0.2, 0.25) is 0 Å². The van der Waals surface area contributed by atoms with E-state index in [1.165, 1.54) is 4.68 Å². The minimum absolute atomic E-state index is 0.0686. The number of aromatic nitrogens is 2. The zero-order valence-electron chi connectivity index (χ0n) is 15.4. The molecule has 3 rings (SSSR count). The largest absolute Gasteiger partial charge is 0.436 e. The van der Waals surface area contributed by atoms with Gasteiger partial charge in [0.15, 0.2) is 10.8 Å². The summed E-state index contributed by atoms with van der Waals surface area (Å²) in [5.74, 6) is 0.167. The summed E-state index contributed by atoms with van der Waals surface area (Å²) in [6.45, 7) is 2.98. The first-order valence-electron chi connectivity index (χ1n) is 9.20. The van der Waals surface area contributed by atoms with E-state index in [4.69, 9.17) is 12.2 Å². The van der Waals surface area contributed by atoms with Crippen LogP contribution in [-0.2, 0) is 12.7 Å². The molecule has 0 aliphatic heterocycles. The number of hydrogen-bond acceptors (Lipinski definition) is 2. The molecule has 9 heteroatoms. The van der Waals surface area contributed by atoms with Crippen LogP contribution >= 0.6 is 28.1 Å². The van der Waals surface area contributed by atoms with Gasteiger partial charge in [0.05, 0.1) is 16.2 Å². The maximum absolute atomic E-state index is 13.1. The van der Waals surface area contributed by atoms with Crippen molar-refractivity contribution < 1.29 is 13.2 Å². The number of halogens is 4. The smallest absolute Gasteiger partial charge is 0.363 e. The Morgan fingerprint density at radius 3 is 2.61 bits per heavy atom. The molecule has 1 unspecified atom stereocenters. The third-order valence-electron chi connectivity index (χ3n) is 4.64. The Morgan fingerprint density at radius 1 is 1.32 bits per heavy atom. The number of thiocarbonyl (C=S) groups is 1. The van der Waals surface area contributed by atoms with E-state index in [0.717, 1.165) is 18.4 Å². The summed E-state index contributed by atoms with van der Waals surface area (Å²) in [6.07, 6.45) is -2.02. The highest BCUT2D eigenvalue weighted by Gasteiger charge is 2.41. The van der Waals surface area contributed by atoms with Crippen LogP contribution in [-0.4, -0.2) is 21.4 Å². The molecule has 28 heavy (non-hydrogen) atoms. The van der Waals surface area contributed by atoms with Gasteiger partial charge >= 0.3 is 6.18 Å². The maximum atomic E-state index is 13.1. The van der Waals surface area contributed by atoms with Crippen LogP contribution in [0.4, 0.5) is 13.2 Å². The van der Waals surface area contributed by atoms with Crippen LogP contribution in [0, 0.1) is 0 Å². The van der Waals surface area contributed by atoms with Gasteiger partial charge in [0.25, 0.3) is 0 Å². The molecule has 1 saturated carbocycles. The summed E-state index contributed by atoms with van der Waals surface area (Å²) in [5, 5.41) is 10.7. The van der Waals surface area contributed by atoms with Crippen LogP contribution in [0.5, 0.6) is 0 Å². The van der Waals surface area contributed by atoms with E-state index >= 15 is 0 Å².